The Hall–Kier alpha value is -1.47. The van der Waals surface area contributed by atoms with E-state index in [-0.39, 0.29) is 5.91 Å². The molecule has 1 aromatic heterocycles. The van der Waals surface area contributed by atoms with Crippen LogP contribution in [0.1, 0.15) is 43.8 Å². The topological polar surface area (TPSA) is 63.5 Å². The van der Waals surface area contributed by atoms with Crippen LogP contribution in [0.2, 0.25) is 0 Å². The summed E-state index contributed by atoms with van der Waals surface area (Å²) in [7, 11) is 2.05. The van der Waals surface area contributed by atoms with E-state index in [0.29, 0.717) is 12.3 Å². The number of carbonyl (C=O) groups excluding carboxylic acids is 1. The number of hydrogen-bond donors (Lipinski definition) is 0. The van der Waals surface area contributed by atoms with Gasteiger partial charge in [-0.1, -0.05) is 6.92 Å². The molecule has 0 saturated carbocycles. The van der Waals surface area contributed by atoms with E-state index >= 15 is 0 Å². The van der Waals surface area contributed by atoms with Crippen LogP contribution in [-0.4, -0.2) is 69.9 Å². The van der Waals surface area contributed by atoms with Gasteiger partial charge in [-0.15, -0.1) is 10.2 Å². The minimum atomic E-state index is 0.241. The van der Waals surface area contributed by atoms with Gasteiger partial charge in [-0.2, -0.15) is 0 Å². The van der Waals surface area contributed by atoms with Gasteiger partial charge in [0.05, 0.1) is 19.8 Å². The van der Waals surface area contributed by atoms with Gasteiger partial charge >= 0.3 is 0 Å². The first-order chi connectivity index (χ1) is 11.2. The van der Waals surface area contributed by atoms with Gasteiger partial charge in [0.2, 0.25) is 5.91 Å². The number of nitrogens with zero attached hydrogens (tertiary/aromatic N) is 5. The van der Waals surface area contributed by atoms with Gasteiger partial charge in [-0.05, 0) is 12.8 Å². The van der Waals surface area contributed by atoms with E-state index in [1.54, 1.807) is 0 Å². The van der Waals surface area contributed by atoms with E-state index in [4.69, 9.17) is 4.74 Å². The Labute approximate surface area is 137 Å². The van der Waals surface area contributed by atoms with Crippen molar-refractivity contribution in [1.82, 2.24) is 24.6 Å². The lowest BCUT2D eigenvalue weighted by Gasteiger charge is -2.32. The van der Waals surface area contributed by atoms with Gasteiger partial charge in [-0.25, -0.2) is 0 Å². The minimum absolute atomic E-state index is 0.241. The van der Waals surface area contributed by atoms with Crippen LogP contribution >= 0.6 is 0 Å². The number of ether oxygens (including phenoxy) is 1. The van der Waals surface area contributed by atoms with Gasteiger partial charge in [0, 0.05) is 45.6 Å². The summed E-state index contributed by atoms with van der Waals surface area (Å²) in [6.07, 6.45) is 2.70. The van der Waals surface area contributed by atoms with Crippen molar-refractivity contribution < 1.29 is 9.53 Å². The highest BCUT2D eigenvalue weighted by molar-refractivity contribution is 5.75. The molecule has 1 atom stereocenters. The lowest BCUT2D eigenvalue weighted by Crippen LogP contribution is -2.39. The molecule has 0 N–H and O–H groups in total. The summed E-state index contributed by atoms with van der Waals surface area (Å²) in [5, 5.41) is 8.84. The Bertz CT molecular complexity index is 539. The van der Waals surface area contributed by atoms with Crippen molar-refractivity contribution in [2.24, 2.45) is 7.05 Å². The summed E-state index contributed by atoms with van der Waals surface area (Å²) in [5.41, 5.74) is 0. The number of piperidine rings is 1. The van der Waals surface area contributed by atoms with Gasteiger partial charge in [-0.3, -0.25) is 9.69 Å². The van der Waals surface area contributed by atoms with Crippen LogP contribution in [0.4, 0.5) is 0 Å². The van der Waals surface area contributed by atoms with Crippen LogP contribution in [-0.2, 0) is 23.1 Å². The zero-order valence-corrected chi connectivity index (χ0v) is 14.2. The van der Waals surface area contributed by atoms with Crippen LogP contribution < -0.4 is 0 Å². The molecule has 128 valence electrons. The molecule has 7 heteroatoms. The molecule has 2 aliphatic rings. The van der Waals surface area contributed by atoms with Crippen molar-refractivity contribution in [3.05, 3.63) is 11.6 Å². The van der Waals surface area contributed by atoms with E-state index in [1.165, 1.54) is 0 Å². The highest BCUT2D eigenvalue weighted by Crippen LogP contribution is 2.26. The fourth-order valence-corrected chi connectivity index (χ4v) is 3.47. The van der Waals surface area contributed by atoms with Crippen LogP contribution in [0.25, 0.3) is 0 Å². The molecule has 2 saturated heterocycles. The molecule has 3 heterocycles. The average molecular weight is 321 g/mol. The van der Waals surface area contributed by atoms with Gasteiger partial charge < -0.3 is 14.2 Å². The van der Waals surface area contributed by atoms with Crippen LogP contribution in [0.5, 0.6) is 0 Å². The Balaban J connectivity index is 1.67. The standard InChI is InChI=1S/C16H27N5O2/c1-3-15(22)21-6-4-5-13(11-21)16-18-17-14(19(16)2)12-20-7-9-23-10-8-20/h13H,3-12H2,1-2H3. The highest BCUT2D eigenvalue weighted by Gasteiger charge is 2.28. The molecule has 23 heavy (non-hydrogen) atoms. The van der Waals surface area contributed by atoms with Crippen molar-refractivity contribution >= 4 is 5.91 Å². The lowest BCUT2D eigenvalue weighted by molar-refractivity contribution is -0.132. The Morgan fingerprint density at radius 2 is 2.04 bits per heavy atom. The first-order valence-corrected chi connectivity index (χ1v) is 8.65. The number of amides is 1. The smallest absolute Gasteiger partial charge is 0.222 e. The minimum Gasteiger partial charge on any atom is -0.379 e. The van der Waals surface area contributed by atoms with Crippen molar-refractivity contribution in [2.75, 3.05) is 39.4 Å². The molecule has 1 unspecified atom stereocenters. The molecular formula is C16H27N5O2. The fraction of sp³-hybridized carbons (Fsp3) is 0.812. The first kappa shape index (κ1) is 16.4. The van der Waals surface area contributed by atoms with E-state index in [1.807, 2.05) is 18.9 Å². The van der Waals surface area contributed by atoms with E-state index in [2.05, 4.69) is 19.7 Å². The van der Waals surface area contributed by atoms with Crippen molar-refractivity contribution in [3.63, 3.8) is 0 Å². The van der Waals surface area contributed by atoms with Crippen LogP contribution in [0, 0.1) is 0 Å². The van der Waals surface area contributed by atoms with Crippen molar-refractivity contribution in [2.45, 2.75) is 38.6 Å². The Morgan fingerprint density at radius 3 is 2.78 bits per heavy atom. The maximum atomic E-state index is 12.0. The fourth-order valence-electron chi connectivity index (χ4n) is 3.47. The predicted molar refractivity (Wildman–Crippen MR) is 85.9 cm³/mol. The summed E-state index contributed by atoms with van der Waals surface area (Å²) in [6.45, 7) is 7.88. The molecule has 1 amide bonds. The van der Waals surface area contributed by atoms with Gasteiger partial charge in [0.15, 0.2) is 0 Å². The molecule has 0 aromatic carbocycles. The zero-order valence-electron chi connectivity index (χ0n) is 14.2. The van der Waals surface area contributed by atoms with Gasteiger partial charge in [0.25, 0.3) is 0 Å². The largest absolute Gasteiger partial charge is 0.379 e. The molecule has 1 aromatic rings. The number of morpholine rings is 1. The van der Waals surface area contributed by atoms with Crippen molar-refractivity contribution in [1.29, 1.82) is 0 Å². The monoisotopic (exact) mass is 321 g/mol. The van der Waals surface area contributed by atoms with E-state index < -0.39 is 0 Å². The molecule has 2 aliphatic heterocycles. The number of likely N-dealkylation sites (tertiary alicyclic amines) is 1. The maximum absolute atomic E-state index is 12.0. The summed E-state index contributed by atoms with van der Waals surface area (Å²) in [5.74, 6) is 2.56. The second-order valence-corrected chi connectivity index (χ2v) is 6.45. The normalized spacial score (nSPS) is 23.2. The second-order valence-electron chi connectivity index (χ2n) is 6.45. The average Bonchev–Trinajstić information content (AvgIpc) is 2.96. The summed E-state index contributed by atoms with van der Waals surface area (Å²) >= 11 is 0. The summed E-state index contributed by atoms with van der Waals surface area (Å²) < 4.78 is 7.52. The number of hydrogen-bond acceptors (Lipinski definition) is 5. The third-order valence-electron chi connectivity index (χ3n) is 4.91. The van der Waals surface area contributed by atoms with E-state index in [9.17, 15) is 4.79 Å². The van der Waals surface area contributed by atoms with E-state index in [0.717, 1.165) is 70.4 Å². The third kappa shape index (κ3) is 3.72. The third-order valence-corrected chi connectivity index (χ3v) is 4.91. The second kappa shape index (κ2) is 7.40. The van der Waals surface area contributed by atoms with Crippen molar-refractivity contribution in [3.8, 4) is 0 Å². The molecule has 3 rings (SSSR count). The molecular weight excluding hydrogens is 294 g/mol. The van der Waals surface area contributed by atoms with Crippen LogP contribution in [0.15, 0.2) is 0 Å². The summed E-state index contributed by atoms with van der Waals surface area (Å²) in [4.78, 5) is 16.3. The SMILES string of the molecule is CCC(=O)N1CCCC(c2nnc(CN3CCOCC3)n2C)C1. The Kier molecular flexibility index (Phi) is 5.27. The maximum Gasteiger partial charge on any atom is 0.222 e. The Morgan fingerprint density at radius 1 is 1.26 bits per heavy atom. The van der Waals surface area contributed by atoms with Crippen LogP contribution in [0.3, 0.4) is 0 Å². The quantitative estimate of drug-likeness (QED) is 0.819. The zero-order chi connectivity index (χ0) is 16.2. The lowest BCUT2D eigenvalue weighted by atomic mass is 9.97. The number of aromatic nitrogens is 3. The number of rotatable bonds is 4. The summed E-state index contributed by atoms with van der Waals surface area (Å²) in [6, 6.07) is 0. The first-order valence-electron chi connectivity index (χ1n) is 8.65. The predicted octanol–water partition coefficient (Wildman–Crippen LogP) is 0.763. The molecule has 0 aliphatic carbocycles. The molecule has 7 nitrogen and oxygen atoms in total. The number of carbonyl (C=O) groups is 1. The van der Waals surface area contributed by atoms with Gasteiger partial charge in [0.1, 0.15) is 11.6 Å². The highest BCUT2D eigenvalue weighted by atomic mass is 16.5. The molecule has 2 fully saturated rings. The molecule has 0 spiro atoms. The molecule has 0 bridgehead atoms. The molecule has 0 radical (unpaired) electrons.